The Morgan fingerprint density at radius 2 is 1.83 bits per heavy atom. The third kappa shape index (κ3) is 2.90. The molecule has 0 amide bonds. The molecule has 0 aromatic carbocycles. The van der Waals surface area contributed by atoms with Crippen LogP contribution in [0.15, 0.2) is 12.2 Å². The van der Waals surface area contributed by atoms with Crippen LogP contribution in [0.1, 0.15) is 26.7 Å². The number of ether oxygens (including phenoxy) is 2. The monoisotopic (exact) mass is 256 g/mol. The van der Waals surface area contributed by atoms with Crippen molar-refractivity contribution in [1.82, 2.24) is 0 Å². The number of hydrogen-bond acceptors (Lipinski definition) is 5. The highest BCUT2D eigenvalue weighted by Gasteiger charge is 2.50. The van der Waals surface area contributed by atoms with E-state index in [2.05, 4.69) is 0 Å². The van der Waals surface area contributed by atoms with Crippen LogP contribution < -0.4 is 0 Å². The second-order valence-electron chi connectivity index (χ2n) is 4.30. The molecule has 102 valence electrons. The standard InChI is InChI=1S/C13H20O5/c1-3-17-11(15)13(12(16)18-4-2)7-5-6-10(8-13)9-14/h5-6,10,14H,3-4,7-9H2,1-2H3. The third-order valence-electron chi connectivity index (χ3n) is 3.05. The smallest absolute Gasteiger partial charge is 0.323 e. The molecule has 0 aliphatic heterocycles. The van der Waals surface area contributed by atoms with Crippen molar-refractivity contribution in [1.29, 1.82) is 0 Å². The highest BCUT2D eigenvalue weighted by Crippen LogP contribution is 2.38. The van der Waals surface area contributed by atoms with Crippen molar-refractivity contribution in [3.63, 3.8) is 0 Å². The molecular weight excluding hydrogens is 236 g/mol. The summed E-state index contributed by atoms with van der Waals surface area (Å²) in [5.74, 6) is -1.34. The minimum Gasteiger partial charge on any atom is -0.465 e. The van der Waals surface area contributed by atoms with Crippen molar-refractivity contribution in [3.8, 4) is 0 Å². The molecule has 0 saturated heterocycles. The lowest BCUT2D eigenvalue weighted by Gasteiger charge is -2.33. The molecule has 18 heavy (non-hydrogen) atoms. The molecule has 0 radical (unpaired) electrons. The number of carbonyl (C=O) groups is 2. The number of esters is 2. The Hall–Kier alpha value is -1.36. The van der Waals surface area contributed by atoms with Gasteiger partial charge in [0.05, 0.1) is 13.2 Å². The first kappa shape index (κ1) is 14.7. The average Bonchev–Trinajstić information content (AvgIpc) is 2.39. The zero-order chi connectivity index (χ0) is 13.6. The van der Waals surface area contributed by atoms with Gasteiger partial charge in [0.2, 0.25) is 0 Å². The molecule has 0 bridgehead atoms. The van der Waals surface area contributed by atoms with Crippen LogP contribution in [-0.4, -0.2) is 36.9 Å². The Balaban J connectivity index is 2.98. The van der Waals surface area contributed by atoms with Gasteiger partial charge < -0.3 is 14.6 Å². The molecule has 0 heterocycles. The van der Waals surface area contributed by atoms with Crippen LogP contribution in [-0.2, 0) is 19.1 Å². The summed E-state index contributed by atoms with van der Waals surface area (Å²) in [6.45, 7) is 3.72. The summed E-state index contributed by atoms with van der Waals surface area (Å²) in [5, 5.41) is 9.19. The van der Waals surface area contributed by atoms with Gasteiger partial charge in [-0.25, -0.2) is 0 Å². The Labute approximate surface area is 107 Å². The predicted molar refractivity (Wildman–Crippen MR) is 64.6 cm³/mol. The highest BCUT2D eigenvalue weighted by atomic mass is 16.6. The molecule has 0 fully saturated rings. The molecule has 5 nitrogen and oxygen atoms in total. The van der Waals surface area contributed by atoms with Crippen molar-refractivity contribution in [2.45, 2.75) is 26.7 Å². The predicted octanol–water partition coefficient (Wildman–Crippen LogP) is 1.06. The molecular formula is C13H20O5. The van der Waals surface area contributed by atoms with Crippen molar-refractivity contribution < 1.29 is 24.2 Å². The Kier molecular flexibility index (Phi) is 5.34. The van der Waals surface area contributed by atoms with Crippen LogP contribution in [0.3, 0.4) is 0 Å². The van der Waals surface area contributed by atoms with Gasteiger partial charge in [0, 0.05) is 12.5 Å². The van der Waals surface area contributed by atoms with Gasteiger partial charge in [-0.1, -0.05) is 12.2 Å². The first-order chi connectivity index (χ1) is 8.60. The number of aliphatic hydroxyl groups excluding tert-OH is 1. The van der Waals surface area contributed by atoms with Crippen LogP contribution in [0.5, 0.6) is 0 Å². The van der Waals surface area contributed by atoms with Gasteiger partial charge in [-0.15, -0.1) is 0 Å². The van der Waals surface area contributed by atoms with E-state index in [1.54, 1.807) is 19.9 Å². The Bertz CT molecular complexity index is 316. The van der Waals surface area contributed by atoms with Crippen molar-refractivity contribution in [2.24, 2.45) is 11.3 Å². The summed E-state index contributed by atoms with van der Waals surface area (Å²) in [6.07, 6.45) is 4.05. The van der Waals surface area contributed by atoms with Gasteiger partial charge in [0.15, 0.2) is 5.41 Å². The molecule has 1 aliphatic carbocycles. The van der Waals surface area contributed by atoms with Crippen LogP contribution in [0.2, 0.25) is 0 Å². The maximum atomic E-state index is 12.1. The molecule has 1 rings (SSSR count). The van der Waals surface area contributed by atoms with Gasteiger partial charge in [-0.3, -0.25) is 9.59 Å². The van der Waals surface area contributed by atoms with E-state index in [1.807, 2.05) is 6.08 Å². The fourth-order valence-electron chi connectivity index (χ4n) is 2.14. The lowest BCUT2D eigenvalue weighted by atomic mass is 9.73. The second-order valence-corrected chi connectivity index (χ2v) is 4.30. The Morgan fingerprint density at radius 3 is 2.28 bits per heavy atom. The first-order valence-corrected chi connectivity index (χ1v) is 6.22. The summed E-state index contributed by atoms with van der Waals surface area (Å²) in [7, 11) is 0. The fraction of sp³-hybridized carbons (Fsp3) is 0.692. The van der Waals surface area contributed by atoms with E-state index in [-0.39, 0.29) is 38.6 Å². The molecule has 0 aromatic rings. The van der Waals surface area contributed by atoms with Crippen molar-refractivity contribution in [2.75, 3.05) is 19.8 Å². The lowest BCUT2D eigenvalue weighted by molar-refractivity contribution is -0.173. The van der Waals surface area contributed by atoms with E-state index in [0.29, 0.717) is 0 Å². The third-order valence-corrected chi connectivity index (χ3v) is 3.05. The van der Waals surface area contributed by atoms with Crippen LogP contribution >= 0.6 is 0 Å². The Morgan fingerprint density at radius 1 is 1.28 bits per heavy atom. The summed E-state index contributed by atoms with van der Waals surface area (Å²) in [6, 6.07) is 0. The lowest BCUT2D eigenvalue weighted by Crippen LogP contribution is -2.44. The number of rotatable bonds is 5. The topological polar surface area (TPSA) is 72.8 Å². The molecule has 1 unspecified atom stereocenters. The van der Waals surface area contributed by atoms with Gasteiger partial charge in [-0.2, -0.15) is 0 Å². The van der Waals surface area contributed by atoms with E-state index in [0.717, 1.165) is 0 Å². The van der Waals surface area contributed by atoms with Crippen LogP contribution in [0.25, 0.3) is 0 Å². The number of hydrogen-bond donors (Lipinski definition) is 1. The van der Waals surface area contributed by atoms with E-state index >= 15 is 0 Å². The molecule has 1 aliphatic rings. The summed E-state index contributed by atoms with van der Waals surface area (Å²) in [5.41, 5.74) is -1.30. The molecule has 1 atom stereocenters. The minimum absolute atomic E-state index is 0.100. The van der Waals surface area contributed by atoms with Crippen molar-refractivity contribution in [3.05, 3.63) is 12.2 Å². The van der Waals surface area contributed by atoms with E-state index in [1.165, 1.54) is 0 Å². The summed E-state index contributed by atoms with van der Waals surface area (Å²) in [4.78, 5) is 24.1. The molecule has 0 aromatic heterocycles. The largest absolute Gasteiger partial charge is 0.465 e. The van der Waals surface area contributed by atoms with E-state index in [4.69, 9.17) is 9.47 Å². The maximum absolute atomic E-state index is 12.1. The van der Waals surface area contributed by atoms with Gasteiger partial charge >= 0.3 is 11.9 Å². The summed E-state index contributed by atoms with van der Waals surface area (Å²) < 4.78 is 9.98. The normalized spacial score (nSPS) is 21.4. The maximum Gasteiger partial charge on any atom is 0.323 e. The minimum atomic E-state index is -1.30. The fourth-order valence-corrected chi connectivity index (χ4v) is 2.14. The molecule has 1 N–H and O–H groups in total. The van der Waals surface area contributed by atoms with Gasteiger partial charge in [0.1, 0.15) is 0 Å². The second kappa shape index (κ2) is 6.54. The SMILES string of the molecule is CCOC(=O)C1(C(=O)OCC)CC=CC(CO)C1. The first-order valence-electron chi connectivity index (χ1n) is 6.22. The molecule has 0 spiro atoms. The number of aliphatic hydroxyl groups is 1. The van der Waals surface area contributed by atoms with Crippen molar-refractivity contribution >= 4 is 11.9 Å². The number of allylic oxidation sites excluding steroid dienone is 1. The molecule has 5 heteroatoms. The highest BCUT2D eigenvalue weighted by molar-refractivity contribution is 6.00. The zero-order valence-electron chi connectivity index (χ0n) is 10.8. The van der Waals surface area contributed by atoms with E-state index < -0.39 is 17.4 Å². The average molecular weight is 256 g/mol. The number of carbonyl (C=O) groups excluding carboxylic acids is 2. The van der Waals surface area contributed by atoms with Gasteiger partial charge in [-0.05, 0) is 26.7 Å². The van der Waals surface area contributed by atoms with Crippen LogP contribution in [0.4, 0.5) is 0 Å². The van der Waals surface area contributed by atoms with E-state index in [9.17, 15) is 14.7 Å². The zero-order valence-corrected chi connectivity index (χ0v) is 10.8. The van der Waals surface area contributed by atoms with Gasteiger partial charge in [0.25, 0.3) is 0 Å². The van der Waals surface area contributed by atoms with Crippen LogP contribution in [0, 0.1) is 11.3 Å². The summed E-state index contributed by atoms with van der Waals surface area (Å²) >= 11 is 0. The quantitative estimate of drug-likeness (QED) is 0.452. The molecule has 0 saturated carbocycles.